The van der Waals surface area contributed by atoms with Crippen molar-refractivity contribution in [1.29, 1.82) is 0 Å². The zero-order valence-electron chi connectivity index (χ0n) is 22.0. The lowest BCUT2D eigenvalue weighted by Crippen LogP contribution is -2.29. The molecule has 8 heteroatoms. The molecule has 0 aliphatic carbocycles. The molecule has 1 N–H and O–H groups in total. The first-order valence-corrected chi connectivity index (χ1v) is 13.1. The van der Waals surface area contributed by atoms with Crippen LogP contribution < -0.4 is 14.5 Å². The Morgan fingerprint density at radius 2 is 1.55 bits per heavy atom. The Morgan fingerprint density at radius 1 is 0.947 bits per heavy atom. The number of Topliss-reactive ketones (excluding diaryl/α,β-unsaturated/α-hetero) is 1. The summed E-state index contributed by atoms with van der Waals surface area (Å²) in [5.41, 5.74) is 4.49. The molecule has 3 aromatic carbocycles. The third-order valence-electron chi connectivity index (χ3n) is 7.03. The fraction of sp³-hybridized carbons (Fsp3) is 0.267. The summed E-state index contributed by atoms with van der Waals surface area (Å²) in [6, 6.07) is 15.4. The fourth-order valence-electron chi connectivity index (χ4n) is 4.79. The van der Waals surface area contributed by atoms with Gasteiger partial charge >= 0.3 is 0 Å². The van der Waals surface area contributed by atoms with Gasteiger partial charge in [-0.15, -0.1) is 0 Å². The van der Waals surface area contributed by atoms with E-state index < -0.39 is 17.7 Å². The normalized spacial score (nSPS) is 16.7. The monoisotopic (exact) mass is 552 g/mol. The molecule has 1 saturated heterocycles. The number of amides is 1. The summed E-state index contributed by atoms with van der Waals surface area (Å²) >= 11 is 12.7. The third-order valence-corrected chi connectivity index (χ3v) is 7.59. The molecule has 38 heavy (non-hydrogen) atoms. The molecule has 1 aliphatic rings. The number of ether oxygens (including phenoxy) is 1. The molecule has 1 aliphatic heterocycles. The molecule has 6 nitrogen and oxygen atoms in total. The standard InChI is InChI=1S/C30H30Cl2N2O4/c1-6-33(7-2)21-12-9-19(10-13-21)26-25(27(35)20-15-23(31)29(38-5)24(32)16-20)28(36)30(37)34(26)22-11-8-17(3)18(4)14-22/h8-16,26,35H,6-7H2,1-5H3/b27-25+. The highest BCUT2D eigenvalue weighted by atomic mass is 35.5. The summed E-state index contributed by atoms with van der Waals surface area (Å²) in [6.45, 7) is 9.78. The van der Waals surface area contributed by atoms with Crippen LogP contribution in [0.5, 0.6) is 5.75 Å². The molecule has 1 amide bonds. The predicted octanol–water partition coefficient (Wildman–Crippen LogP) is 7.09. The van der Waals surface area contributed by atoms with E-state index in [1.54, 1.807) is 0 Å². The van der Waals surface area contributed by atoms with Gasteiger partial charge in [0.25, 0.3) is 11.7 Å². The van der Waals surface area contributed by atoms with E-state index >= 15 is 0 Å². The summed E-state index contributed by atoms with van der Waals surface area (Å²) in [4.78, 5) is 30.6. The van der Waals surface area contributed by atoms with E-state index in [1.807, 2.05) is 56.3 Å². The molecule has 0 spiro atoms. The maximum Gasteiger partial charge on any atom is 0.300 e. The topological polar surface area (TPSA) is 70.1 Å². The minimum atomic E-state index is -0.859. The Morgan fingerprint density at radius 3 is 2.08 bits per heavy atom. The summed E-state index contributed by atoms with van der Waals surface area (Å²) in [5.74, 6) is -1.62. The van der Waals surface area contributed by atoms with E-state index in [2.05, 4.69) is 18.7 Å². The smallest absolute Gasteiger partial charge is 0.300 e. The summed E-state index contributed by atoms with van der Waals surface area (Å²) < 4.78 is 5.21. The van der Waals surface area contributed by atoms with Crippen LogP contribution in [-0.4, -0.2) is 37.0 Å². The number of anilines is 2. The maximum absolute atomic E-state index is 13.5. The summed E-state index contributed by atoms with van der Waals surface area (Å²) in [7, 11) is 1.43. The average molecular weight is 553 g/mol. The van der Waals surface area contributed by atoms with E-state index in [4.69, 9.17) is 27.9 Å². The first-order valence-electron chi connectivity index (χ1n) is 12.4. The highest BCUT2D eigenvalue weighted by molar-refractivity contribution is 6.51. The molecule has 0 aromatic heterocycles. The lowest BCUT2D eigenvalue weighted by molar-refractivity contribution is -0.132. The number of benzene rings is 3. The molecule has 0 saturated carbocycles. The Bertz CT molecular complexity index is 1410. The molecular weight excluding hydrogens is 523 g/mol. The molecule has 1 unspecified atom stereocenters. The van der Waals surface area contributed by atoms with Crippen LogP contribution in [0.3, 0.4) is 0 Å². The predicted molar refractivity (Wildman–Crippen MR) is 154 cm³/mol. The van der Waals surface area contributed by atoms with Gasteiger partial charge in [0.05, 0.1) is 28.8 Å². The minimum Gasteiger partial charge on any atom is -0.507 e. The van der Waals surface area contributed by atoms with Crippen LogP contribution in [0.15, 0.2) is 60.2 Å². The Hall–Kier alpha value is -3.48. The van der Waals surface area contributed by atoms with Crippen molar-refractivity contribution in [3.05, 3.63) is 92.5 Å². The highest BCUT2D eigenvalue weighted by Crippen LogP contribution is 2.44. The van der Waals surface area contributed by atoms with Crippen LogP contribution in [0.2, 0.25) is 10.0 Å². The van der Waals surface area contributed by atoms with Gasteiger partial charge in [0.1, 0.15) is 5.76 Å². The van der Waals surface area contributed by atoms with Gasteiger partial charge in [0, 0.05) is 30.0 Å². The Kier molecular flexibility index (Phi) is 8.05. The molecule has 1 heterocycles. The molecule has 1 fully saturated rings. The van der Waals surface area contributed by atoms with Crippen LogP contribution in [0.4, 0.5) is 11.4 Å². The van der Waals surface area contributed by atoms with Gasteiger partial charge in [-0.05, 0) is 80.8 Å². The number of ketones is 1. The number of halogens is 2. The Labute approximate surface area is 233 Å². The number of aryl methyl sites for hydroxylation is 2. The molecular formula is C30H30Cl2N2O4. The number of nitrogens with zero attached hydrogens (tertiary/aromatic N) is 2. The first kappa shape index (κ1) is 27.6. The van der Waals surface area contributed by atoms with Crippen LogP contribution >= 0.6 is 23.2 Å². The fourth-order valence-corrected chi connectivity index (χ4v) is 5.43. The number of hydrogen-bond acceptors (Lipinski definition) is 5. The van der Waals surface area contributed by atoms with Crippen molar-refractivity contribution in [2.75, 3.05) is 30.0 Å². The second kappa shape index (κ2) is 11.1. The number of aliphatic hydroxyl groups excluding tert-OH is 1. The van der Waals surface area contributed by atoms with Crippen molar-refractivity contribution in [2.45, 2.75) is 33.7 Å². The van der Waals surface area contributed by atoms with Gasteiger partial charge in [-0.2, -0.15) is 0 Å². The maximum atomic E-state index is 13.5. The number of carbonyl (C=O) groups is 2. The lowest BCUT2D eigenvalue weighted by Gasteiger charge is -2.27. The second-order valence-corrected chi connectivity index (χ2v) is 9.99. The third kappa shape index (κ3) is 4.86. The van der Waals surface area contributed by atoms with Gasteiger partial charge in [0.2, 0.25) is 0 Å². The minimum absolute atomic E-state index is 0.0406. The average Bonchev–Trinajstić information content (AvgIpc) is 3.16. The first-order chi connectivity index (χ1) is 18.1. The van der Waals surface area contributed by atoms with Crippen LogP contribution in [-0.2, 0) is 9.59 Å². The zero-order valence-corrected chi connectivity index (χ0v) is 23.5. The number of rotatable bonds is 7. The van der Waals surface area contributed by atoms with Gasteiger partial charge in [-0.25, -0.2) is 0 Å². The van der Waals surface area contributed by atoms with Gasteiger partial charge in [-0.1, -0.05) is 41.4 Å². The van der Waals surface area contributed by atoms with E-state index in [1.165, 1.54) is 24.1 Å². The van der Waals surface area contributed by atoms with Gasteiger partial charge < -0.3 is 14.7 Å². The van der Waals surface area contributed by atoms with Crippen molar-refractivity contribution in [3.63, 3.8) is 0 Å². The van der Waals surface area contributed by atoms with Crippen LogP contribution in [0, 0.1) is 13.8 Å². The summed E-state index contributed by atoms with van der Waals surface area (Å²) in [6.07, 6.45) is 0. The van der Waals surface area contributed by atoms with Crippen LogP contribution in [0.25, 0.3) is 5.76 Å². The van der Waals surface area contributed by atoms with Gasteiger partial charge in [0.15, 0.2) is 5.75 Å². The zero-order chi connectivity index (χ0) is 27.7. The number of methoxy groups -OCH3 is 1. The molecule has 0 radical (unpaired) electrons. The summed E-state index contributed by atoms with van der Waals surface area (Å²) in [5, 5.41) is 11.8. The van der Waals surface area contributed by atoms with Crippen molar-refractivity contribution in [1.82, 2.24) is 0 Å². The number of aliphatic hydroxyl groups is 1. The lowest BCUT2D eigenvalue weighted by atomic mass is 9.94. The Balaban J connectivity index is 1.94. The van der Waals surface area contributed by atoms with Crippen molar-refractivity contribution in [3.8, 4) is 5.75 Å². The highest BCUT2D eigenvalue weighted by Gasteiger charge is 2.47. The quantitative estimate of drug-likeness (QED) is 0.192. The molecule has 1 atom stereocenters. The van der Waals surface area contributed by atoms with E-state index in [0.717, 1.165) is 29.9 Å². The van der Waals surface area contributed by atoms with E-state index in [9.17, 15) is 14.7 Å². The molecule has 0 bridgehead atoms. The molecule has 3 aromatic rings. The molecule has 4 rings (SSSR count). The molecule has 198 valence electrons. The van der Waals surface area contributed by atoms with E-state index in [0.29, 0.717) is 11.3 Å². The number of carbonyl (C=O) groups excluding carboxylic acids is 2. The van der Waals surface area contributed by atoms with E-state index in [-0.39, 0.29) is 32.7 Å². The SMILES string of the molecule is CCN(CC)c1ccc(C2/C(=C(\O)c3cc(Cl)c(OC)c(Cl)c3)C(=O)C(=O)N2c2ccc(C)c(C)c2)cc1. The second-order valence-electron chi connectivity index (χ2n) is 9.17. The van der Waals surface area contributed by atoms with Crippen LogP contribution in [0.1, 0.15) is 42.1 Å². The van der Waals surface area contributed by atoms with Crippen molar-refractivity contribution < 1.29 is 19.4 Å². The largest absolute Gasteiger partial charge is 0.507 e. The van der Waals surface area contributed by atoms with Crippen molar-refractivity contribution in [2.24, 2.45) is 0 Å². The van der Waals surface area contributed by atoms with Crippen molar-refractivity contribution >= 4 is 52.0 Å². The van der Waals surface area contributed by atoms with Gasteiger partial charge in [-0.3, -0.25) is 14.5 Å². The number of hydrogen-bond donors (Lipinski definition) is 1.